The molecule has 0 aliphatic rings. The van der Waals surface area contributed by atoms with Crippen molar-refractivity contribution in [3.05, 3.63) is 45.4 Å². The molecule has 0 unspecified atom stereocenters. The van der Waals surface area contributed by atoms with Crippen molar-refractivity contribution in [1.29, 1.82) is 0 Å². The van der Waals surface area contributed by atoms with Crippen LogP contribution in [-0.2, 0) is 0 Å². The van der Waals surface area contributed by atoms with E-state index in [1.54, 1.807) is 0 Å². The molecule has 0 atom stereocenters. The first kappa shape index (κ1) is 9.20. The first-order valence-electron chi connectivity index (χ1n) is 4.20. The molecule has 0 aliphatic heterocycles. The van der Waals surface area contributed by atoms with Gasteiger partial charge in [0.15, 0.2) is 0 Å². The van der Waals surface area contributed by atoms with Crippen molar-refractivity contribution in [2.24, 2.45) is 0 Å². The molecular formula is C9H8N4O2. The first-order chi connectivity index (χ1) is 7.16. The van der Waals surface area contributed by atoms with Crippen LogP contribution in [-0.4, -0.2) is 15.0 Å². The second-order valence-electron chi connectivity index (χ2n) is 2.98. The average molecular weight is 204 g/mol. The molecule has 2 heterocycles. The van der Waals surface area contributed by atoms with Gasteiger partial charge in [-0.25, -0.2) is 0 Å². The predicted octanol–water partition coefficient (Wildman–Crippen LogP) is -0.293. The fraction of sp³-hybridized carbons (Fsp3) is 0. The zero-order valence-electron chi connectivity index (χ0n) is 7.65. The molecule has 15 heavy (non-hydrogen) atoms. The van der Waals surface area contributed by atoms with Crippen LogP contribution in [0.1, 0.15) is 0 Å². The van der Waals surface area contributed by atoms with E-state index in [4.69, 9.17) is 5.73 Å². The normalized spacial score (nSPS) is 10.1. The van der Waals surface area contributed by atoms with Crippen molar-refractivity contribution in [1.82, 2.24) is 15.0 Å². The van der Waals surface area contributed by atoms with E-state index in [0.717, 1.165) is 0 Å². The number of pyridine rings is 1. The maximum atomic E-state index is 11.0. The summed E-state index contributed by atoms with van der Waals surface area (Å²) in [7, 11) is 0. The van der Waals surface area contributed by atoms with E-state index in [0.29, 0.717) is 11.3 Å². The second kappa shape index (κ2) is 3.41. The number of nitrogens with one attached hydrogen (secondary N) is 2. The monoisotopic (exact) mass is 204 g/mol. The summed E-state index contributed by atoms with van der Waals surface area (Å²) in [5.74, 6) is 0. The molecule has 2 rings (SSSR count). The third-order valence-electron chi connectivity index (χ3n) is 1.90. The minimum atomic E-state index is -0.356. The van der Waals surface area contributed by atoms with Gasteiger partial charge in [0.1, 0.15) is 0 Å². The summed E-state index contributed by atoms with van der Waals surface area (Å²) in [6.45, 7) is 0. The number of hydrogen-bond acceptors (Lipinski definition) is 4. The molecule has 0 fully saturated rings. The van der Waals surface area contributed by atoms with Crippen molar-refractivity contribution >= 4 is 5.69 Å². The molecule has 0 amide bonds. The van der Waals surface area contributed by atoms with Crippen molar-refractivity contribution in [2.45, 2.75) is 0 Å². The number of anilines is 1. The van der Waals surface area contributed by atoms with Crippen LogP contribution in [0.15, 0.2) is 34.2 Å². The summed E-state index contributed by atoms with van der Waals surface area (Å²) < 4.78 is 0. The molecular weight excluding hydrogens is 196 g/mol. The van der Waals surface area contributed by atoms with Gasteiger partial charge in [-0.2, -0.15) is 0 Å². The summed E-state index contributed by atoms with van der Waals surface area (Å²) >= 11 is 0. The lowest BCUT2D eigenvalue weighted by Gasteiger charge is -2.00. The molecule has 6 nitrogen and oxygen atoms in total. The van der Waals surface area contributed by atoms with Gasteiger partial charge >= 0.3 is 0 Å². The Morgan fingerprint density at radius 2 is 2.07 bits per heavy atom. The van der Waals surface area contributed by atoms with Crippen LogP contribution in [0.4, 0.5) is 5.69 Å². The predicted molar refractivity (Wildman–Crippen MR) is 55.3 cm³/mol. The zero-order valence-corrected chi connectivity index (χ0v) is 7.65. The number of hydrogen-bond donors (Lipinski definition) is 3. The van der Waals surface area contributed by atoms with Gasteiger partial charge in [-0.05, 0) is 6.07 Å². The van der Waals surface area contributed by atoms with E-state index in [9.17, 15) is 9.59 Å². The van der Waals surface area contributed by atoms with Gasteiger partial charge in [0.25, 0.3) is 11.1 Å². The Morgan fingerprint density at radius 3 is 2.73 bits per heavy atom. The number of nitrogen functional groups attached to an aromatic ring is 1. The maximum absolute atomic E-state index is 11.0. The van der Waals surface area contributed by atoms with Crippen LogP contribution < -0.4 is 16.9 Å². The largest absolute Gasteiger partial charge is 0.394 e. The molecule has 0 bridgehead atoms. The molecule has 4 N–H and O–H groups in total. The van der Waals surface area contributed by atoms with E-state index in [-0.39, 0.29) is 16.8 Å². The van der Waals surface area contributed by atoms with Gasteiger partial charge in [0, 0.05) is 11.8 Å². The molecule has 0 saturated carbocycles. The first-order valence-corrected chi connectivity index (χ1v) is 4.20. The number of aromatic amines is 2. The summed E-state index contributed by atoms with van der Waals surface area (Å²) in [4.78, 5) is 30.8. The van der Waals surface area contributed by atoms with Crippen LogP contribution in [0.3, 0.4) is 0 Å². The van der Waals surface area contributed by atoms with E-state index in [1.165, 1.54) is 24.7 Å². The zero-order chi connectivity index (χ0) is 10.8. The maximum Gasteiger partial charge on any atom is 0.271 e. The molecule has 0 saturated heterocycles. The fourth-order valence-electron chi connectivity index (χ4n) is 1.18. The highest BCUT2D eigenvalue weighted by molar-refractivity contribution is 5.60. The summed E-state index contributed by atoms with van der Waals surface area (Å²) in [5, 5.41) is 0. The number of rotatable bonds is 1. The van der Waals surface area contributed by atoms with Crippen LogP contribution in [0, 0.1) is 0 Å². The van der Waals surface area contributed by atoms with Crippen molar-refractivity contribution in [3.8, 4) is 11.3 Å². The molecule has 0 spiro atoms. The standard InChI is InChI=1S/C9H8N4O2/c10-6-1-5(2-12-9(6)15)7-3-11-4-8(14)13-7/h1-4H,10H2,(H,12,15)(H,13,14). The van der Waals surface area contributed by atoms with Crippen LogP contribution in [0.2, 0.25) is 0 Å². The molecule has 0 aliphatic carbocycles. The fourth-order valence-corrected chi connectivity index (χ4v) is 1.18. The van der Waals surface area contributed by atoms with E-state index in [1.807, 2.05) is 0 Å². The van der Waals surface area contributed by atoms with E-state index >= 15 is 0 Å². The van der Waals surface area contributed by atoms with Crippen molar-refractivity contribution in [2.75, 3.05) is 5.73 Å². The minimum Gasteiger partial charge on any atom is -0.394 e. The van der Waals surface area contributed by atoms with E-state index in [2.05, 4.69) is 15.0 Å². The summed E-state index contributed by atoms with van der Waals surface area (Å²) in [6, 6.07) is 1.48. The summed E-state index contributed by atoms with van der Waals surface area (Å²) in [5.41, 5.74) is 5.98. The Labute approximate surface area is 83.8 Å². The topological polar surface area (TPSA) is 105 Å². The second-order valence-corrected chi connectivity index (χ2v) is 2.98. The average Bonchev–Trinajstić information content (AvgIpc) is 2.22. The van der Waals surface area contributed by atoms with Gasteiger partial charge in [-0.15, -0.1) is 0 Å². The minimum absolute atomic E-state index is 0.0946. The SMILES string of the molecule is Nc1cc(-c2cncc(=O)[nH]2)c[nH]c1=O. The highest BCUT2D eigenvalue weighted by Crippen LogP contribution is 2.13. The molecule has 2 aromatic heterocycles. The number of aromatic nitrogens is 3. The van der Waals surface area contributed by atoms with Gasteiger partial charge in [0.2, 0.25) is 0 Å². The highest BCUT2D eigenvalue weighted by atomic mass is 16.1. The third kappa shape index (κ3) is 1.78. The Kier molecular flexibility index (Phi) is 2.09. The van der Waals surface area contributed by atoms with Gasteiger partial charge < -0.3 is 15.7 Å². The molecule has 0 aromatic carbocycles. The highest BCUT2D eigenvalue weighted by Gasteiger charge is 2.01. The Bertz CT molecular complexity index is 599. The third-order valence-corrected chi connectivity index (χ3v) is 1.90. The molecule has 6 heteroatoms. The number of nitrogens with two attached hydrogens (primary N) is 1. The Hall–Kier alpha value is -2.37. The molecule has 0 radical (unpaired) electrons. The smallest absolute Gasteiger partial charge is 0.271 e. The van der Waals surface area contributed by atoms with Gasteiger partial charge in [-0.3, -0.25) is 14.6 Å². The van der Waals surface area contributed by atoms with Crippen LogP contribution in [0.25, 0.3) is 11.3 Å². The van der Waals surface area contributed by atoms with Crippen LogP contribution in [0.5, 0.6) is 0 Å². The van der Waals surface area contributed by atoms with Gasteiger partial charge in [-0.1, -0.05) is 0 Å². The Balaban J connectivity index is 2.59. The molecule has 2 aromatic rings. The van der Waals surface area contributed by atoms with Gasteiger partial charge in [0.05, 0.1) is 23.8 Å². The quantitative estimate of drug-likeness (QED) is 0.593. The lowest BCUT2D eigenvalue weighted by molar-refractivity contribution is 1.13. The van der Waals surface area contributed by atoms with E-state index < -0.39 is 0 Å². The van der Waals surface area contributed by atoms with Crippen molar-refractivity contribution in [3.63, 3.8) is 0 Å². The summed E-state index contributed by atoms with van der Waals surface area (Å²) in [6.07, 6.45) is 4.11. The Morgan fingerprint density at radius 1 is 1.27 bits per heavy atom. The lowest BCUT2D eigenvalue weighted by Crippen LogP contribution is -2.12. The molecule has 76 valence electrons. The lowest BCUT2D eigenvalue weighted by atomic mass is 10.2. The van der Waals surface area contributed by atoms with Crippen LogP contribution >= 0.6 is 0 Å². The number of nitrogens with zero attached hydrogens (tertiary/aromatic N) is 1. The number of H-pyrrole nitrogens is 2. The van der Waals surface area contributed by atoms with Crippen molar-refractivity contribution < 1.29 is 0 Å².